The maximum Gasteiger partial charge on any atom is 0.0756 e. The second-order valence-corrected chi connectivity index (χ2v) is 1.46. The van der Waals surface area contributed by atoms with Crippen molar-refractivity contribution in [3.05, 3.63) is 24.8 Å². The van der Waals surface area contributed by atoms with Crippen LogP contribution in [0.4, 0.5) is 0 Å². The van der Waals surface area contributed by atoms with Gasteiger partial charge in [0.05, 0.1) is 6.10 Å². The van der Waals surface area contributed by atoms with Crippen molar-refractivity contribution in [2.24, 2.45) is 0 Å². The first-order chi connectivity index (χ1) is 3.18. The van der Waals surface area contributed by atoms with Crippen molar-refractivity contribution in [2.45, 2.75) is 13.0 Å². The fourth-order valence-electron chi connectivity index (χ4n) is 0.171. The zero-order valence-electron chi connectivity index (χ0n) is 4.52. The largest absolute Gasteiger partial charge is 0.389 e. The molecular formula is C6H10O. The molecule has 0 aliphatic carbocycles. The Morgan fingerprint density at radius 2 is 2.29 bits per heavy atom. The Morgan fingerprint density at radius 1 is 1.86 bits per heavy atom. The molecule has 0 aromatic carbocycles. The van der Waals surface area contributed by atoms with E-state index in [9.17, 15) is 0 Å². The zero-order valence-corrected chi connectivity index (χ0v) is 4.52. The molecule has 0 unspecified atom stereocenters. The summed E-state index contributed by atoms with van der Waals surface area (Å²) in [4.78, 5) is 0. The predicted molar refractivity (Wildman–Crippen MR) is 31.0 cm³/mol. The van der Waals surface area contributed by atoms with Crippen molar-refractivity contribution < 1.29 is 5.11 Å². The van der Waals surface area contributed by atoms with Crippen LogP contribution in [0.15, 0.2) is 24.8 Å². The molecule has 1 atom stereocenters. The van der Waals surface area contributed by atoms with Crippen LogP contribution in [0.2, 0.25) is 0 Å². The third-order valence-electron chi connectivity index (χ3n) is 0.799. The van der Waals surface area contributed by atoms with Crippen molar-refractivity contribution >= 4 is 0 Å². The minimum absolute atomic E-state index is 0.447. The van der Waals surface area contributed by atoms with E-state index in [1.807, 2.05) is 0 Å². The third-order valence-corrected chi connectivity index (χ3v) is 0.799. The number of aliphatic hydroxyl groups is 1. The van der Waals surface area contributed by atoms with Crippen LogP contribution < -0.4 is 0 Å². The lowest BCUT2D eigenvalue weighted by Crippen LogP contribution is -1.99. The van der Waals surface area contributed by atoms with Gasteiger partial charge < -0.3 is 5.11 Å². The average molecular weight is 98.1 g/mol. The molecule has 0 saturated carbocycles. The Morgan fingerprint density at radius 3 is 2.29 bits per heavy atom. The molecule has 7 heavy (non-hydrogen) atoms. The Balaban J connectivity index is 3.56. The van der Waals surface area contributed by atoms with Gasteiger partial charge in [-0.3, -0.25) is 0 Å². The smallest absolute Gasteiger partial charge is 0.0756 e. The van der Waals surface area contributed by atoms with E-state index in [1.54, 1.807) is 13.0 Å². The first kappa shape index (κ1) is 6.44. The highest BCUT2D eigenvalue weighted by atomic mass is 16.3. The van der Waals surface area contributed by atoms with Gasteiger partial charge in [0.1, 0.15) is 0 Å². The van der Waals surface area contributed by atoms with Crippen LogP contribution in [0.25, 0.3) is 0 Å². The summed E-state index contributed by atoms with van der Waals surface area (Å²) in [6.45, 7) is 8.58. The summed E-state index contributed by atoms with van der Waals surface area (Å²) in [5.41, 5.74) is 0.667. The predicted octanol–water partition coefficient (Wildman–Crippen LogP) is 1.11. The fraction of sp³-hybridized carbons (Fsp3) is 0.333. The minimum atomic E-state index is -0.447. The maximum absolute atomic E-state index is 8.65. The van der Waals surface area contributed by atoms with E-state index >= 15 is 0 Å². The molecule has 0 amide bonds. The Kier molecular flexibility index (Phi) is 2.38. The summed E-state index contributed by atoms with van der Waals surface area (Å²) < 4.78 is 0. The summed E-state index contributed by atoms with van der Waals surface area (Å²) in [7, 11) is 0. The van der Waals surface area contributed by atoms with Crippen LogP contribution in [0.3, 0.4) is 0 Å². The van der Waals surface area contributed by atoms with Gasteiger partial charge in [0.25, 0.3) is 0 Å². The lowest BCUT2D eigenvalue weighted by atomic mass is 10.2. The molecule has 1 nitrogen and oxygen atoms in total. The summed E-state index contributed by atoms with van der Waals surface area (Å²) >= 11 is 0. The maximum atomic E-state index is 8.65. The van der Waals surface area contributed by atoms with E-state index in [-0.39, 0.29) is 0 Å². The molecule has 0 fully saturated rings. The van der Waals surface area contributed by atoms with E-state index < -0.39 is 6.10 Å². The van der Waals surface area contributed by atoms with Gasteiger partial charge in [-0.05, 0) is 12.5 Å². The van der Waals surface area contributed by atoms with Gasteiger partial charge in [-0.25, -0.2) is 0 Å². The number of hydrogen-bond acceptors (Lipinski definition) is 1. The molecule has 0 bridgehead atoms. The van der Waals surface area contributed by atoms with Crippen molar-refractivity contribution in [1.29, 1.82) is 0 Å². The van der Waals surface area contributed by atoms with Crippen LogP contribution in [0, 0.1) is 0 Å². The van der Waals surface area contributed by atoms with Gasteiger partial charge in [0, 0.05) is 0 Å². The monoisotopic (exact) mass is 98.1 g/mol. The molecular weight excluding hydrogens is 88.1 g/mol. The van der Waals surface area contributed by atoms with Crippen molar-refractivity contribution in [3.63, 3.8) is 0 Å². The van der Waals surface area contributed by atoms with Crippen molar-refractivity contribution in [3.8, 4) is 0 Å². The van der Waals surface area contributed by atoms with Gasteiger partial charge in [0.2, 0.25) is 0 Å². The molecule has 0 spiro atoms. The normalized spacial score (nSPS) is 12.9. The SMILES string of the molecule is C=CC(=C)[C@H](C)O. The molecule has 0 aromatic heterocycles. The average Bonchev–Trinajstić information content (AvgIpc) is 1.65. The standard InChI is InChI=1S/C6H10O/c1-4-5(2)6(3)7/h4,6-7H,1-2H2,3H3/t6-/m0/s1. The number of rotatable bonds is 2. The van der Waals surface area contributed by atoms with Crippen LogP contribution in [-0.4, -0.2) is 11.2 Å². The first-order valence-corrected chi connectivity index (χ1v) is 2.17. The number of hydrogen-bond donors (Lipinski definition) is 1. The molecule has 1 N–H and O–H groups in total. The molecule has 0 aliphatic rings. The second kappa shape index (κ2) is 2.59. The van der Waals surface area contributed by atoms with Crippen LogP contribution in [0.1, 0.15) is 6.92 Å². The highest BCUT2D eigenvalue weighted by Gasteiger charge is 1.92. The zero-order chi connectivity index (χ0) is 5.86. The summed E-state index contributed by atoms with van der Waals surface area (Å²) in [5.74, 6) is 0. The van der Waals surface area contributed by atoms with Crippen LogP contribution >= 0.6 is 0 Å². The highest BCUT2D eigenvalue weighted by Crippen LogP contribution is 1.96. The first-order valence-electron chi connectivity index (χ1n) is 2.17. The molecule has 0 radical (unpaired) electrons. The lowest BCUT2D eigenvalue weighted by Gasteiger charge is -1.98. The molecule has 0 heterocycles. The van der Waals surface area contributed by atoms with Crippen molar-refractivity contribution in [1.82, 2.24) is 0 Å². The van der Waals surface area contributed by atoms with E-state index in [1.165, 1.54) is 0 Å². The lowest BCUT2D eigenvalue weighted by molar-refractivity contribution is 0.236. The van der Waals surface area contributed by atoms with E-state index in [4.69, 9.17) is 5.11 Å². The molecule has 0 aromatic rings. The molecule has 0 saturated heterocycles. The molecule has 0 aliphatic heterocycles. The second-order valence-electron chi connectivity index (χ2n) is 1.46. The Bertz CT molecular complexity index is 82.2. The van der Waals surface area contributed by atoms with Gasteiger partial charge in [-0.1, -0.05) is 19.2 Å². The number of aliphatic hydroxyl groups excluding tert-OH is 1. The van der Waals surface area contributed by atoms with Crippen LogP contribution in [-0.2, 0) is 0 Å². The topological polar surface area (TPSA) is 20.2 Å². The third kappa shape index (κ3) is 2.18. The van der Waals surface area contributed by atoms with E-state index in [0.717, 1.165) is 0 Å². The Labute approximate surface area is 44.0 Å². The quantitative estimate of drug-likeness (QED) is 0.513. The van der Waals surface area contributed by atoms with Gasteiger partial charge >= 0.3 is 0 Å². The summed E-state index contributed by atoms with van der Waals surface area (Å²) in [6.07, 6.45) is 1.10. The minimum Gasteiger partial charge on any atom is -0.389 e. The highest BCUT2D eigenvalue weighted by molar-refractivity contribution is 5.14. The molecule has 0 rings (SSSR count). The van der Waals surface area contributed by atoms with E-state index in [2.05, 4.69) is 13.2 Å². The van der Waals surface area contributed by atoms with Crippen LogP contribution in [0.5, 0.6) is 0 Å². The Hall–Kier alpha value is -0.560. The van der Waals surface area contributed by atoms with Gasteiger partial charge in [0.15, 0.2) is 0 Å². The van der Waals surface area contributed by atoms with Gasteiger partial charge in [-0.2, -0.15) is 0 Å². The molecule has 40 valence electrons. The summed E-state index contributed by atoms with van der Waals surface area (Å²) in [6, 6.07) is 0. The molecule has 1 heteroatoms. The van der Waals surface area contributed by atoms with Gasteiger partial charge in [-0.15, -0.1) is 0 Å². The fourth-order valence-corrected chi connectivity index (χ4v) is 0.171. The summed E-state index contributed by atoms with van der Waals surface area (Å²) in [5, 5.41) is 8.65. The van der Waals surface area contributed by atoms with E-state index in [0.29, 0.717) is 5.57 Å². The van der Waals surface area contributed by atoms with Crippen molar-refractivity contribution in [2.75, 3.05) is 0 Å².